The SMILES string of the molecule is COC(=O)c1ccc2c(c1)-c1nc(C)c(C)n1CCO2. The maximum Gasteiger partial charge on any atom is 0.337 e. The number of benzene rings is 1. The molecular formula is C15H16N2O3. The predicted octanol–water partition coefficient (Wildman–Crippen LogP) is 2.35. The molecule has 0 radical (unpaired) electrons. The molecule has 0 amide bonds. The summed E-state index contributed by atoms with van der Waals surface area (Å²) in [7, 11) is 1.37. The monoisotopic (exact) mass is 272 g/mol. The normalized spacial score (nSPS) is 12.9. The second-order valence-electron chi connectivity index (χ2n) is 4.81. The predicted molar refractivity (Wildman–Crippen MR) is 74.0 cm³/mol. The van der Waals surface area contributed by atoms with E-state index in [2.05, 4.69) is 9.55 Å². The van der Waals surface area contributed by atoms with Crippen molar-refractivity contribution in [2.75, 3.05) is 13.7 Å². The maximum absolute atomic E-state index is 11.7. The van der Waals surface area contributed by atoms with Gasteiger partial charge in [0.2, 0.25) is 0 Å². The third kappa shape index (κ3) is 1.86. The van der Waals surface area contributed by atoms with Gasteiger partial charge in [0, 0.05) is 5.69 Å². The van der Waals surface area contributed by atoms with E-state index in [1.807, 2.05) is 13.8 Å². The quantitative estimate of drug-likeness (QED) is 0.748. The van der Waals surface area contributed by atoms with Crippen molar-refractivity contribution in [3.05, 3.63) is 35.2 Å². The highest BCUT2D eigenvalue weighted by Gasteiger charge is 2.21. The summed E-state index contributed by atoms with van der Waals surface area (Å²) in [5.74, 6) is 1.24. The van der Waals surface area contributed by atoms with Crippen LogP contribution in [-0.2, 0) is 11.3 Å². The van der Waals surface area contributed by atoms with E-state index in [1.54, 1.807) is 18.2 Å². The Morgan fingerprint density at radius 2 is 2.20 bits per heavy atom. The number of esters is 1. The minimum atomic E-state index is -0.358. The summed E-state index contributed by atoms with van der Waals surface area (Å²) >= 11 is 0. The fraction of sp³-hybridized carbons (Fsp3) is 0.333. The second-order valence-corrected chi connectivity index (χ2v) is 4.81. The van der Waals surface area contributed by atoms with Crippen LogP contribution in [0.25, 0.3) is 11.4 Å². The summed E-state index contributed by atoms with van der Waals surface area (Å²) in [5, 5.41) is 0. The van der Waals surface area contributed by atoms with Gasteiger partial charge in [-0.1, -0.05) is 0 Å². The van der Waals surface area contributed by atoms with Crippen molar-refractivity contribution in [1.29, 1.82) is 0 Å². The number of aryl methyl sites for hydroxylation is 1. The molecule has 20 heavy (non-hydrogen) atoms. The van der Waals surface area contributed by atoms with Crippen LogP contribution in [0.1, 0.15) is 21.7 Å². The van der Waals surface area contributed by atoms with E-state index in [1.165, 1.54) is 7.11 Å². The van der Waals surface area contributed by atoms with Crippen molar-refractivity contribution < 1.29 is 14.3 Å². The van der Waals surface area contributed by atoms with Gasteiger partial charge in [-0.3, -0.25) is 0 Å². The molecule has 0 atom stereocenters. The number of methoxy groups -OCH3 is 1. The number of nitrogens with zero attached hydrogens (tertiary/aromatic N) is 2. The molecule has 0 aliphatic carbocycles. The molecule has 2 heterocycles. The number of imidazole rings is 1. The van der Waals surface area contributed by atoms with Crippen molar-refractivity contribution in [3.63, 3.8) is 0 Å². The maximum atomic E-state index is 11.7. The highest BCUT2D eigenvalue weighted by Crippen LogP contribution is 2.34. The first-order valence-electron chi connectivity index (χ1n) is 6.51. The van der Waals surface area contributed by atoms with Crippen LogP contribution in [0.2, 0.25) is 0 Å². The van der Waals surface area contributed by atoms with Crippen LogP contribution < -0.4 is 4.74 Å². The van der Waals surface area contributed by atoms with E-state index < -0.39 is 0 Å². The van der Waals surface area contributed by atoms with E-state index in [4.69, 9.17) is 9.47 Å². The zero-order valence-corrected chi connectivity index (χ0v) is 11.8. The summed E-state index contributed by atoms with van der Waals surface area (Å²) in [4.78, 5) is 16.3. The molecule has 1 aliphatic rings. The van der Waals surface area contributed by atoms with Crippen LogP contribution in [0.3, 0.4) is 0 Å². The molecular weight excluding hydrogens is 256 g/mol. The average molecular weight is 272 g/mol. The summed E-state index contributed by atoms with van der Waals surface area (Å²) in [6.07, 6.45) is 0. The largest absolute Gasteiger partial charge is 0.491 e. The fourth-order valence-corrected chi connectivity index (χ4v) is 2.46. The topological polar surface area (TPSA) is 53.3 Å². The Bertz CT molecular complexity index is 689. The molecule has 5 heteroatoms. The van der Waals surface area contributed by atoms with Gasteiger partial charge in [-0.2, -0.15) is 0 Å². The molecule has 0 saturated heterocycles. The third-order valence-electron chi connectivity index (χ3n) is 3.67. The number of carbonyl (C=O) groups is 1. The summed E-state index contributed by atoms with van der Waals surface area (Å²) < 4.78 is 12.6. The van der Waals surface area contributed by atoms with Crippen molar-refractivity contribution >= 4 is 5.97 Å². The molecule has 1 aliphatic heterocycles. The van der Waals surface area contributed by atoms with Crippen LogP contribution in [0.4, 0.5) is 0 Å². The number of fused-ring (bicyclic) bond motifs is 3. The smallest absolute Gasteiger partial charge is 0.337 e. The average Bonchev–Trinajstić information content (AvgIpc) is 2.64. The van der Waals surface area contributed by atoms with Crippen LogP contribution in [0.15, 0.2) is 18.2 Å². The first kappa shape index (κ1) is 12.7. The zero-order chi connectivity index (χ0) is 14.3. The molecule has 0 saturated carbocycles. The molecule has 1 aromatic heterocycles. The Morgan fingerprint density at radius 3 is 2.95 bits per heavy atom. The van der Waals surface area contributed by atoms with Gasteiger partial charge in [0.15, 0.2) is 0 Å². The number of carbonyl (C=O) groups excluding carboxylic acids is 1. The van der Waals surface area contributed by atoms with Gasteiger partial charge >= 0.3 is 5.97 Å². The van der Waals surface area contributed by atoms with Gasteiger partial charge in [0.25, 0.3) is 0 Å². The van der Waals surface area contributed by atoms with Gasteiger partial charge in [0.05, 0.1) is 30.5 Å². The molecule has 104 valence electrons. The lowest BCUT2D eigenvalue weighted by atomic mass is 10.1. The minimum absolute atomic E-state index is 0.358. The van der Waals surface area contributed by atoms with E-state index in [0.717, 1.165) is 35.1 Å². The fourth-order valence-electron chi connectivity index (χ4n) is 2.46. The second kappa shape index (κ2) is 4.67. The molecule has 3 rings (SSSR count). The molecule has 0 N–H and O–H groups in total. The van der Waals surface area contributed by atoms with Gasteiger partial charge in [-0.15, -0.1) is 0 Å². The van der Waals surface area contributed by atoms with Gasteiger partial charge in [-0.05, 0) is 32.0 Å². The summed E-state index contributed by atoms with van der Waals surface area (Å²) in [5.41, 5.74) is 3.46. The number of rotatable bonds is 1. The van der Waals surface area contributed by atoms with Gasteiger partial charge in [-0.25, -0.2) is 9.78 Å². The molecule has 2 aromatic rings. The number of hydrogen-bond donors (Lipinski definition) is 0. The van der Waals surface area contributed by atoms with Gasteiger partial charge < -0.3 is 14.0 Å². The first-order chi connectivity index (χ1) is 9.61. The molecule has 0 unspecified atom stereocenters. The van der Waals surface area contributed by atoms with Crippen LogP contribution in [0, 0.1) is 13.8 Å². The summed E-state index contributed by atoms with van der Waals surface area (Å²) in [6, 6.07) is 5.30. The first-order valence-corrected chi connectivity index (χ1v) is 6.51. The molecule has 1 aromatic carbocycles. The lowest BCUT2D eigenvalue weighted by Gasteiger charge is -2.07. The van der Waals surface area contributed by atoms with E-state index in [-0.39, 0.29) is 5.97 Å². The number of aromatic nitrogens is 2. The molecule has 0 bridgehead atoms. The standard InChI is InChI=1S/C15H16N2O3/c1-9-10(2)17-6-7-20-13-5-4-11(15(18)19-3)8-12(13)14(17)16-9/h4-5,8H,6-7H2,1-3H3. The highest BCUT2D eigenvalue weighted by molar-refractivity contribution is 5.91. The van der Waals surface area contributed by atoms with Crippen LogP contribution in [0.5, 0.6) is 5.75 Å². The molecule has 0 fully saturated rings. The zero-order valence-electron chi connectivity index (χ0n) is 11.8. The molecule has 0 spiro atoms. The van der Waals surface area contributed by atoms with E-state index in [0.29, 0.717) is 12.2 Å². The summed E-state index contributed by atoms with van der Waals surface area (Å²) in [6.45, 7) is 5.38. The molecule has 5 nitrogen and oxygen atoms in total. The lowest BCUT2D eigenvalue weighted by molar-refractivity contribution is 0.0601. The van der Waals surface area contributed by atoms with Crippen LogP contribution in [-0.4, -0.2) is 29.2 Å². The number of ether oxygens (including phenoxy) is 2. The van der Waals surface area contributed by atoms with E-state index >= 15 is 0 Å². The van der Waals surface area contributed by atoms with Crippen molar-refractivity contribution in [2.24, 2.45) is 0 Å². The van der Waals surface area contributed by atoms with Crippen molar-refractivity contribution in [1.82, 2.24) is 9.55 Å². The lowest BCUT2D eigenvalue weighted by Crippen LogP contribution is -2.07. The highest BCUT2D eigenvalue weighted by atomic mass is 16.5. The minimum Gasteiger partial charge on any atom is -0.491 e. The Hall–Kier alpha value is -2.30. The Labute approximate surface area is 117 Å². The Morgan fingerprint density at radius 1 is 1.40 bits per heavy atom. The van der Waals surface area contributed by atoms with Crippen molar-refractivity contribution in [2.45, 2.75) is 20.4 Å². The van der Waals surface area contributed by atoms with Crippen molar-refractivity contribution in [3.8, 4) is 17.1 Å². The van der Waals surface area contributed by atoms with E-state index in [9.17, 15) is 4.79 Å². The number of hydrogen-bond acceptors (Lipinski definition) is 4. The van der Waals surface area contributed by atoms with Crippen LogP contribution >= 0.6 is 0 Å². The van der Waals surface area contributed by atoms with Gasteiger partial charge in [0.1, 0.15) is 18.2 Å². The Balaban J connectivity index is 2.21. The Kier molecular flexibility index (Phi) is 2.97. The third-order valence-corrected chi connectivity index (χ3v) is 3.67.